The van der Waals surface area contributed by atoms with Gasteiger partial charge in [0, 0.05) is 0 Å². The van der Waals surface area contributed by atoms with E-state index >= 15 is 0 Å². The monoisotopic (exact) mass is 174 g/mol. The fourth-order valence-electron chi connectivity index (χ4n) is 0.924. The maximum atomic E-state index is 10.2. The third-order valence-electron chi connectivity index (χ3n) is 1.69. The van der Waals surface area contributed by atoms with Crippen LogP contribution >= 0.6 is 0 Å². The van der Waals surface area contributed by atoms with E-state index < -0.39 is 11.8 Å². The molecule has 0 spiro atoms. The number of rotatable bonds is 4. The number of ether oxygens (including phenoxy) is 1. The molecule has 0 aliphatic carbocycles. The standard InChI is InChI=1S/C9H18O3/c1-7(2)5-6-9(3,4)12-8(10)11/h7H,5-6H2,1-4H3,(H,10,11). The van der Waals surface area contributed by atoms with Crippen molar-refractivity contribution < 1.29 is 14.6 Å². The summed E-state index contributed by atoms with van der Waals surface area (Å²) in [6.45, 7) is 7.81. The molecule has 0 atom stereocenters. The van der Waals surface area contributed by atoms with Gasteiger partial charge in [-0.05, 0) is 32.6 Å². The van der Waals surface area contributed by atoms with Crippen LogP contribution in [0.2, 0.25) is 0 Å². The molecule has 0 aromatic heterocycles. The second kappa shape index (κ2) is 4.33. The Labute approximate surface area is 73.7 Å². The first-order valence-corrected chi connectivity index (χ1v) is 4.25. The lowest BCUT2D eigenvalue weighted by Crippen LogP contribution is -2.27. The minimum atomic E-state index is -1.19. The van der Waals surface area contributed by atoms with E-state index in [4.69, 9.17) is 9.84 Å². The average Bonchev–Trinajstić information content (AvgIpc) is 1.81. The summed E-state index contributed by atoms with van der Waals surface area (Å²) in [7, 11) is 0. The molecule has 0 rings (SSSR count). The van der Waals surface area contributed by atoms with Gasteiger partial charge < -0.3 is 9.84 Å². The van der Waals surface area contributed by atoms with Crippen LogP contribution in [0.3, 0.4) is 0 Å². The largest absolute Gasteiger partial charge is 0.506 e. The van der Waals surface area contributed by atoms with Gasteiger partial charge in [-0.2, -0.15) is 0 Å². The van der Waals surface area contributed by atoms with E-state index in [-0.39, 0.29) is 0 Å². The molecule has 0 heterocycles. The predicted octanol–water partition coefficient (Wildman–Crippen LogP) is 2.90. The van der Waals surface area contributed by atoms with E-state index in [2.05, 4.69) is 13.8 Å². The topological polar surface area (TPSA) is 46.5 Å². The first kappa shape index (κ1) is 11.3. The van der Waals surface area contributed by atoms with Crippen molar-refractivity contribution in [2.75, 3.05) is 0 Å². The minimum absolute atomic E-state index is 0.546. The Morgan fingerprint density at radius 3 is 2.33 bits per heavy atom. The molecule has 0 aliphatic rings. The summed E-state index contributed by atoms with van der Waals surface area (Å²) >= 11 is 0. The molecular weight excluding hydrogens is 156 g/mol. The van der Waals surface area contributed by atoms with Gasteiger partial charge in [0.2, 0.25) is 0 Å². The summed E-state index contributed by atoms with van der Waals surface area (Å²) in [6.07, 6.45) is 0.570. The highest BCUT2D eigenvalue weighted by Gasteiger charge is 2.22. The SMILES string of the molecule is CC(C)CCC(C)(C)OC(=O)O. The van der Waals surface area contributed by atoms with Crippen molar-refractivity contribution in [3.8, 4) is 0 Å². The quantitative estimate of drug-likeness (QED) is 0.666. The Morgan fingerprint density at radius 2 is 2.00 bits per heavy atom. The van der Waals surface area contributed by atoms with Crippen molar-refractivity contribution in [3.05, 3.63) is 0 Å². The lowest BCUT2D eigenvalue weighted by molar-refractivity contribution is -0.00369. The molecule has 72 valence electrons. The van der Waals surface area contributed by atoms with E-state index in [1.54, 1.807) is 13.8 Å². The van der Waals surface area contributed by atoms with Crippen molar-refractivity contribution in [3.63, 3.8) is 0 Å². The van der Waals surface area contributed by atoms with Crippen LogP contribution in [-0.4, -0.2) is 16.9 Å². The predicted molar refractivity (Wildman–Crippen MR) is 47.3 cm³/mol. The fraction of sp³-hybridized carbons (Fsp3) is 0.889. The molecule has 0 aromatic carbocycles. The Hall–Kier alpha value is -0.730. The van der Waals surface area contributed by atoms with Crippen LogP contribution in [0.4, 0.5) is 4.79 Å². The van der Waals surface area contributed by atoms with E-state index in [0.717, 1.165) is 12.8 Å². The van der Waals surface area contributed by atoms with E-state index in [1.165, 1.54) is 0 Å². The third-order valence-corrected chi connectivity index (χ3v) is 1.69. The molecular formula is C9H18O3. The molecule has 0 fully saturated rings. The maximum absolute atomic E-state index is 10.2. The van der Waals surface area contributed by atoms with E-state index in [0.29, 0.717) is 5.92 Å². The number of hydrogen-bond acceptors (Lipinski definition) is 2. The van der Waals surface area contributed by atoms with Crippen LogP contribution in [-0.2, 0) is 4.74 Å². The smallest absolute Gasteiger partial charge is 0.450 e. The number of hydrogen-bond donors (Lipinski definition) is 1. The summed E-state index contributed by atoms with van der Waals surface area (Å²) in [5, 5.41) is 8.39. The highest BCUT2D eigenvalue weighted by atomic mass is 16.7. The van der Waals surface area contributed by atoms with Gasteiger partial charge in [-0.3, -0.25) is 0 Å². The Kier molecular flexibility index (Phi) is 4.07. The van der Waals surface area contributed by atoms with E-state index in [9.17, 15) is 4.79 Å². The lowest BCUT2D eigenvalue weighted by atomic mass is 9.97. The molecule has 0 aromatic rings. The molecule has 12 heavy (non-hydrogen) atoms. The van der Waals surface area contributed by atoms with Gasteiger partial charge in [0.15, 0.2) is 0 Å². The molecule has 0 radical (unpaired) electrons. The van der Waals surface area contributed by atoms with Crippen LogP contribution in [0.1, 0.15) is 40.5 Å². The van der Waals surface area contributed by atoms with Crippen molar-refractivity contribution in [1.82, 2.24) is 0 Å². The van der Waals surface area contributed by atoms with Gasteiger partial charge in [0.05, 0.1) is 0 Å². The zero-order valence-electron chi connectivity index (χ0n) is 8.26. The van der Waals surface area contributed by atoms with Crippen molar-refractivity contribution in [2.24, 2.45) is 5.92 Å². The minimum Gasteiger partial charge on any atom is -0.450 e. The Bertz CT molecular complexity index is 150. The summed E-state index contributed by atoms with van der Waals surface area (Å²) < 4.78 is 4.70. The van der Waals surface area contributed by atoms with Gasteiger partial charge >= 0.3 is 6.16 Å². The molecule has 0 saturated heterocycles. The summed E-state index contributed by atoms with van der Waals surface area (Å²) in [5.41, 5.74) is -0.546. The van der Waals surface area contributed by atoms with Crippen LogP contribution in [0.5, 0.6) is 0 Å². The molecule has 0 saturated carbocycles. The zero-order chi connectivity index (χ0) is 9.78. The molecule has 1 N–H and O–H groups in total. The normalized spacial score (nSPS) is 11.8. The summed E-state index contributed by atoms with van der Waals surface area (Å²) in [4.78, 5) is 10.2. The van der Waals surface area contributed by atoms with Crippen LogP contribution in [0.15, 0.2) is 0 Å². The van der Waals surface area contributed by atoms with Crippen molar-refractivity contribution >= 4 is 6.16 Å². The molecule has 3 nitrogen and oxygen atoms in total. The number of carboxylic acid groups (broad SMARTS) is 1. The molecule has 3 heteroatoms. The van der Waals surface area contributed by atoms with Gasteiger partial charge in [-0.15, -0.1) is 0 Å². The second-order valence-corrected chi connectivity index (χ2v) is 4.06. The van der Waals surface area contributed by atoms with Crippen LogP contribution < -0.4 is 0 Å². The second-order valence-electron chi connectivity index (χ2n) is 4.06. The first-order chi connectivity index (χ1) is 5.33. The first-order valence-electron chi connectivity index (χ1n) is 4.25. The molecule has 0 amide bonds. The van der Waals surface area contributed by atoms with Crippen LogP contribution in [0.25, 0.3) is 0 Å². The average molecular weight is 174 g/mol. The maximum Gasteiger partial charge on any atom is 0.506 e. The molecule has 0 aliphatic heterocycles. The Morgan fingerprint density at radius 1 is 1.50 bits per heavy atom. The lowest BCUT2D eigenvalue weighted by Gasteiger charge is -2.23. The van der Waals surface area contributed by atoms with E-state index in [1.807, 2.05) is 0 Å². The summed E-state index contributed by atoms with van der Waals surface area (Å²) in [5.74, 6) is 0.585. The van der Waals surface area contributed by atoms with Gasteiger partial charge in [-0.25, -0.2) is 4.79 Å². The summed E-state index contributed by atoms with van der Waals surface area (Å²) in [6, 6.07) is 0. The van der Waals surface area contributed by atoms with Gasteiger partial charge in [0.1, 0.15) is 5.60 Å². The zero-order valence-corrected chi connectivity index (χ0v) is 8.26. The molecule has 0 bridgehead atoms. The van der Waals surface area contributed by atoms with Crippen molar-refractivity contribution in [2.45, 2.75) is 46.1 Å². The fourth-order valence-corrected chi connectivity index (χ4v) is 0.924. The Balaban J connectivity index is 3.78. The van der Waals surface area contributed by atoms with Gasteiger partial charge in [0.25, 0.3) is 0 Å². The highest BCUT2D eigenvalue weighted by molar-refractivity contribution is 5.57. The van der Waals surface area contributed by atoms with Gasteiger partial charge in [-0.1, -0.05) is 13.8 Å². The van der Waals surface area contributed by atoms with Crippen LogP contribution in [0, 0.1) is 5.92 Å². The molecule has 0 unspecified atom stereocenters. The highest BCUT2D eigenvalue weighted by Crippen LogP contribution is 2.19. The third kappa shape index (κ3) is 6.01. The number of carbonyl (C=O) groups is 1. The van der Waals surface area contributed by atoms with Crippen molar-refractivity contribution in [1.29, 1.82) is 0 Å².